The Morgan fingerprint density at radius 1 is 1.14 bits per heavy atom. The summed E-state index contributed by atoms with van der Waals surface area (Å²) in [6.07, 6.45) is 0.499. The van der Waals surface area contributed by atoms with Crippen LogP contribution in [0.15, 0.2) is 36.4 Å². The van der Waals surface area contributed by atoms with Gasteiger partial charge in [0.25, 0.3) is 0 Å². The summed E-state index contributed by atoms with van der Waals surface area (Å²) in [7, 11) is 0. The average molecular weight is 422 g/mol. The van der Waals surface area contributed by atoms with E-state index >= 15 is 0 Å². The minimum atomic E-state index is -0.555. The van der Waals surface area contributed by atoms with Crippen LogP contribution in [0.2, 0.25) is 5.02 Å². The van der Waals surface area contributed by atoms with Crippen LogP contribution < -0.4 is 5.32 Å². The summed E-state index contributed by atoms with van der Waals surface area (Å²) in [6.45, 7) is 2.75. The Morgan fingerprint density at radius 2 is 1.81 bits per heavy atom. The molecule has 0 radical (unpaired) electrons. The van der Waals surface area contributed by atoms with Gasteiger partial charge in [-0.1, -0.05) is 18.5 Å². The number of halogens is 4. The molecule has 112 valence electrons. The van der Waals surface area contributed by atoms with Crippen LogP contribution in [0, 0.1) is 15.2 Å². The molecule has 0 aliphatic carbocycles. The molecule has 0 saturated carbocycles. The van der Waals surface area contributed by atoms with Crippen molar-refractivity contribution in [3.05, 3.63) is 67.8 Å². The topological polar surface area (TPSA) is 12.0 Å². The number of hydrogen-bond acceptors (Lipinski definition) is 1. The first kappa shape index (κ1) is 16.6. The molecule has 0 fully saturated rings. The molecular weight excluding hydrogens is 407 g/mol. The first-order valence-electron chi connectivity index (χ1n) is 6.63. The van der Waals surface area contributed by atoms with Gasteiger partial charge in [-0.25, -0.2) is 8.78 Å². The lowest BCUT2D eigenvalue weighted by molar-refractivity contribution is 0.537. The van der Waals surface area contributed by atoms with Gasteiger partial charge in [0.15, 0.2) is 0 Å². The van der Waals surface area contributed by atoms with E-state index in [1.165, 1.54) is 12.1 Å². The highest BCUT2D eigenvalue weighted by atomic mass is 127. The minimum absolute atomic E-state index is 0.0400. The number of nitrogens with one attached hydrogen (secondary N) is 1. The van der Waals surface area contributed by atoms with Crippen LogP contribution in [0.5, 0.6) is 0 Å². The smallest absolute Gasteiger partial charge is 0.126 e. The van der Waals surface area contributed by atoms with E-state index in [4.69, 9.17) is 11.6 Å². The zero-order chi connectivity index (χ0) is 15.4. The van der Waals surface area contributed by atoms with Crippen molar-refractivity contribution in [3.63, 3.8) is 0 Å². The highest BCUT2D eigenvalue weighted by molar-refractivity contribution is 14.1. The normalized spacial score (nSPS) is 12.4. The van der Waals surface area contributed by atoms with Gasteiger partial charge in [-0.05, 0) is 77.0 Å². The summed E-state index contributed by atoms with van der Waals surface area (Å²) in [5, 5.41) is 4.00. The average Bonchev–Trinajstić information content (AvgIpc) is 2.40. The lowest BCUT2D eigenvalue weighted by atomic mass is 9.98. The Kier molecular flexibility index (Phi) is 5.96. The van der Waals surface area contributed by atoms with E-state index in [1.807, 2.05) is 25.1 Å². The summed E-state index contributed by atoms with van der Waals surface area (Å²) in [6, 6.07) is 9.24. The molecule has 0 amide bonds. The molecule has 1 unspecified atom stereocenters. The molecule has 2 aromatic rings. The summed E-state index contributed by atoms with van der Waals surface area (Å²) in [5.74, 6) is -1.11. The molecule has 1 atom stereocenters. The molecule has 0 aromatic heterocycles. The SMILES string of the molecule is CCNC(Cc1cc(F)cc(F)c1)c1cc(Cl)ccc1I. The molecule has 1 N–H and O–H groups in total. The first-order chi connectivity index (χ1) is 9.99. The van der Waals surface area contributed by atoms with Gasteiger partial charge in [0.1, 0.15) is 11.6 Å². The first-order valence-corrected chi connectivity index (χ1v) is 8.08. The third kappa shape index (κ3) is 4.63. The van der Waals surface area contributed by atoms with Gasteiger partial charge in [-0.15, -0.1) is 0 Å². The molecule has 21 heavy (non-hydrogen) atoms. The van der Waals surface area contributed by atoms with Crippen LogP contribution in [0.1, 0.15) is 24.1 Å². The Labute approximate surface area is 141 Å². The van der Waals surface area contributed by atoms with Gasteiger partial charge < -0.3 is 5.32 Å². The highest BCUT2D eigenvalue weighted by Gasteiger charge is 2.15. The molecule has 0 aliphatic rings. The lowest BCUT2D eigenvalue weighted by Crippen LogP contribution is -2.24. The third-order valence-electron chi connectivity index (χ3n) is 3.15. The fourth-order valence-corrected chi connectivity index (χ4v) is 3.18. The van der Waals surface area contributed by atoms with E-state index in [-0.39, 0.29) is 6.04 Å². The van der Waals surface area contributed by atoms with E-state index in [0.717, 1.165) is 21.7 Å². The maximum absolute atomic E-state index is 13.3. The van der Waals surface area contributed by atoms with Crippen molar-refractivity contribution in [1.82, 2.24) is 5.32 Å². The summed E-state index contributed by atoms with van der Waals surface area (Å²) in [4.78, 5) is 0. The fraction of sp³-hybridized carbons (Fsp3) is 0.250. The van der Waals surface area contributed by atoms with Crippen LogP contribution in [-0.4, -0.2) is 6.54 Å². The number of likely N-dealkylation sites (N-methyl/N-ethyl adjacent to an activating group) is 1. The largest absolute Gasteiger partial charge is 0.310 e. The molecule has 2 aromatic carbocycles. The van der Waals surface area contributed by atoms with Gasteiger partial charge in [0.05, 0.1) is 0 Å². The van der Waals surface area contributed by atoms with E-state index in [9.17, 15) is 8.78 Å². The van der Waals surface area contributed by atoms with Crippen molar-refractivity contribution in [2.75, 3.05) is 6.54 Å². The van der Waals surface area contributed by atoms with Crippen LogP contribution in [0.25, 0.3) is 0 Å². The zero-order valence-corrected chi connectivity index (χ0v) is 14.4. The Morgan fingerprint density at radius 3 is 2.43 bits per heavy atom. The molecule has 5 heteroatoms. The predicted molar refractivity (Wildman–Crippen MR) is 90.6 cm³/mol. The third-order valence-corrected chi connectivity index (χ3v) is 4.36. The van der Waals surface area contributed by atoms with Gasteiger partial charge in [-0.3, -0.25) is 0 Å². The molecular formula is C16H15ClF2IN. The standard InChI is InChI=1S/C16H15ClF2IN/c1-2-21-16(14-8-11(17)3-4-15(14)20)7-10-5-12(18)9-13(19)6-10/h3-6,8-9,16,21H,2,7H2,1H3. The van der Waals surface area contributed by atoms with E-state index in [0.29, 0.717) is 17.0 Å². The van der Waals surface area contributed by atoms with Crippen molar-refractivity contribution in [2.45, 2.75) is 19.4 Å². The Hall–Kier alpha value is -0.720. The zero-order valence-electron chi connectivity index (χ0n) is 11.5. The highest BCUT2D eigenvalue weighted by Crippen LogP contribution is 2.27. The second kappa shape index (κ2) is 7.51. The van der Waals surface area contributed by atoms with Gasteiger partial charge in [-0.2, -0.15) is 0 Å². The number of benzene rings is 2. The van der Waals surface area contributed by atoms with E-state index < -0.39 is 11.6 Å². The molecule has 0 bridgehead atoms. The maximum Gasteiger partial charge on any atom is 0.126 e. The monoisotopic (exact) mass is 421 g/mol. The second-order valence-corrected chi connectivity index (χ2v) is 6.36. The van der Waals surface area contributed by atoms with Crippen molar-refractivity contribution in [2.24, 2.45) is 0 Å². The minimum Gasteiger partial charge on any atom is -0.310 e. The summed E-state index contributed by atoms with van der Waals surface area (Å²) < 4.78 is 27.7. The Bertz CT molecular complexity index is 613. The van der Waals surface area contributed by atoms with Crippen LogP contribution >= 0.6 is 34.2 Å². The van der Waals surface area contributed by atoms with Crippen molar-refractivity contribution >= 4 is 34.2 Å². The molecule has 1 nitrogen and oxygen atoms in total. The molecule has 2 rings (SSSR count). The van der Waals surface area contributed by atoms with Gasteiger partial charge >= 0.3 is 0 Å². The van der Waals surface area contributed by atoms with Crippen LogP contribution in [0.3, 0.4) is 0 Å². The molecule has 0 aliphatic heterocycles. The quantitative estimate of drug-likeness (QED) is 0.661. The maximum atomic E-state index is 13.3. The van der Waals surface area contributed by atoms with Gasteiger partial charge in [0, 0.05) is 20.7 Å². The lowest BCUT2D eigenvalue weighted by Gasteiger charge is -2.20. The Balaban J connectivity index is 2.32. The van der Waals surface area contributed by atoms with Crippen molar-refractivity contribution < 1.29 is 8.78 Å². The summed E-state index contributed by atoms with van der Waals surface area (Å²) in [5.41, 5.74) is 1.66. The van der Waals surface area contributed by atoms with E-state index in [1.54, 1.807) is 0 Å². The molecule has 0 spiro atoms. The number of hydrogen-bond donors (Lipinski definition) is 1. The fourth-order valence-electron chi connectivity index (χ4n) is 2.28. The summed E-state index contributed by atoms with van der Waals surface area (Å²) >= 11 is 8.30. The van der Waals surface area contributed by atoms with Crippen molar-refractivity contribution in [3.8, 4) is 0 Å². The van der Waals surface area contributed by atoms with Crippen LogP contribution in [-0.2, 0) is 6.42 Å². The van der Waals surface area contributed by atoms with Crippen molar-refractivity contribution in [1.29, 1.82) is 0 Å². The van der Waals surface area contributed by atoms with Crippen LogP contribution in [0.4, 0.5) is 8.78 Å². The molecule has 0 heterocycles. The van der Waals surface area contributed by atoms with Gasteiger partial charge in [0.2, 0.25) is 0 Å². The molecule has 0 saturated heterocycles. The van der Waals surface area contributed by atoms with E-state index in [2.05, 4.69) is 27.9 Å². The second-order valence-electron chi connectivity index (χ2n) is 4.76. The number of rotatable bonds is 5. The predicted octanol–water partition coefficient (Wildman–Crippen LogP) is 5.12.